The lowest BCUT2D eigenvalue weighted by atomic mass is 10.2. The summed E-state index contributed by atoms with van der Waals surface area (Å²) < 4.78 is 0. The van der Waals surface area contributed by atoms with Crippen molar-refractivity contribution in [1.82, 2.24) is 15.1 Å². The van der Waals surface area contributed by atoms with E-state index in [9.17, 15) is 0 Å². The largest absolute Gasteiger partial charge is 0.370 e. The number of hydrogen-bond donors (Lipinski definition) is 2. The summed E-state index contributed by atoms with van der Waals surface area (Å²) in [6.45, 7) is 10.7. The molecular weight excluding hydrogens is 425 g/mol. The van der Waals surface area contributed by atoms with Crippen molar-refractivity contribution in [2.24, 2.45) is 10.7 Å². The Kier molecular flexibility index (Phi) is 11.9. The third-order valence-electron chi connectivity index (χ3n) is 4.46. The van der Waals surface area contributed by atoms with Crippen molar-refractivity contribution in [2.45, 2.75) is 32.7 Å². The molecule has 0 aromatic heterocycles. The molecule has 6 heteroatoms. The van der Waals surface area contributed by atoms with Crippen LogP contribution < -0.4 is 11.1 Å². The monoisotopic (exact) mass is 459 g/mol. The summed E-state index contributed by atoms with van der Waals surface area (Å²) in [7, 11) is 0. The molecule has 0 bridgehead atoms. The molecule has 1 saturated heterocycles. The molecule has 5 nitrogen and oxygen atoms in total. The minimum atomic E-state index is 0. The first-order valence-corrected chi connectivity index (χ1v) is 9.30. The number of piperazine rings is 1. The third-order valence-corrected chi connectivity index (χ3v) is 4.46. The van der Waals surface area contributed by atoms with Gasteiger partial charge in [0, 0.05) is 52.4 Å². The predicted octanol–water partition coefficient (Wildman–Crippen LogP) is 2.52. The van der Waals surface area contributed by atoms with Crippen LogP contribution in [0.5, 0.6) is 0 Å². The molecule has 0 unspecified atom stereocenters. The number of rotatable bonds is 9. The molecule has 0 atom stereocenters. The van der Waals surface area contributed by atoms with Gasteiger partial charge in [-0.3, -0.25) is 9.89 Å². The first-order chi connectivity index (χ1) is 11.8. The Hall–Kier alpha value is -0.860. The van der Waals surface area contributed by atoms with Crippen molar-refractivity contribution in [3.05, 3.63) is 35.9 Å². The summed E-state index contributed by atoms with van der Waals surface area (Å²) in [5.41, 5.74) is 7.25. The Morgan fingerprint density at radius 3 is 2.44 bits per heavy atom. The number of unbranched alkanes of at least 4 members (excludes halogenated alkanes) is 1. The Balaban J connectivity index is 0.00000312. The zero-order chi connectivity index (χ0) is 17.0. The molecule has 1 aromatic carbocycles. The van der Waals surface area contributed by atoms with Crippen LogP contribution in [0.1, 0.15) is 31.7 Å². The van der Waals surface area contributed by atoms with E-state index < -0.39 is 0 Å². The number of guanidine groups is 1. The Labute approximate surface area is 170 Å². The minimum absolute atomic E-state index is 0. The van der Waals surface area contributed by atoms with E-state index in [1.54, 1.807) is 0 Å². The second-order valence-corrected chi connectivity index (χ2v) is 6.50. The van der Waals surface area contributed by atoms with E-state index in [0.29, 0.717) is 5.96 Å². The van der Waals surface area contributed by atoms with Gasteiger partial charge in [0.15, 0.2) is 5.96 Å². The van der Waals surface area contributed by atoms with Crippen LogP contribution >= 0.6 is 24.0 Å². The smallest absolute Gasteiger partial charge is 0.188 e. The van der Waals surface area contributed by atoms with Gasteiger partial charge in [-0.05, 0) is 18.4 Å². The number of aliphatic imine (C=N–C) groups is 1. The fraction of sp³-hybridized carbons (Fsp3) is 0.632. The molecule has 142 valence electrons. The highest BCUT2D eigenvalue weighted by molar-refractivity contribution is 14.0. The van der Waals surface area contributed by atoms with E-state index >= 15 is 0 Å². The molecule has 0 amide bonds. The van der Waals surface area contributed by atoms with Gasteiger partial charge in [0.1, 0.15) is 0 Å². The highest BCUT2D eigenvalue weighted by Crippen LogP contribution is 2.08. The lowest BCUT2D eigenvalue weighted by Crippen LogP contribution is -2.46. The van der Waals surface area contributed by atoms with Crippen LogP contribution in [0.4, 0.5) is 0 Å². The Morgan fingerprint density at radius 2 is 1.76 bits per heavy atom. The van der Waals surface area contributed by atoms with Gasteiger partial charge in [-0.15, -0.1) is 24.0 Å². The molecule has 0 spiro atoms. The molecule has 1 aliphatic rings. The van der Waals surface area contributed by atoms with Crippen molar-refractivity contribution >= 4 is 29.9 Å². The van der Waals surface area contributed by atoms with Crippen LogP contribution in [0.15, 0.2) is 35.3 Å². The Morgan fingerprint density at radius 1 is 1.08 bits per heavy atom. The molecule has 0 saturated carbocycles. The van der Waals surface area contributed by atoms with Crippen molar-refractivity contribution in [3.8, 4) is 0 Å². The third kappa shape index (κ3) is 9.42. The van der Waals surface area contributed by atoms with E-state index in [1.807, 2.05) is 0 Å². The van der Waals surface area contributed by atoms with Gasteiger partial charge in [-0.25, -0.2) is 0 Å². The van der Waals surface area contributed by atoms with Crippen molar-refractivity contribution in [3.63, 3.8) is 0 Å². The molecule has 1 fully saturated rings. The average molecular weight is 459 g/mol. The number of nitrogens with two attached hydrogens (primary N) is 1. The SMILES string of the molecule is CCCCNC(N)=NCCCN1CCN(Cc2ccccc2)CC1.I. The van der Waals surface area contributed by atoms with Crippen molar-refractivity contribution in [2.75, 3.05) is 45.8 Å². The second-order valence-electron chi connectivity index (χ2n) is 6.50. The first-order valence-electron chi connectivity index (χ1n) is 9.30. The summed E-state index contributed by atoms with van der Waals surface area (Å²) in [6.07, 6.45) is 3.40. The fourth-order valence-corrected chi connectivity index (χ4v) is 2.96. The van der Waals surface area contributed by atoms with Gasteiger partial charge in [0.25, 0.3) is 0 Å². The topological polar surface area (TPSA) is 56.9 Å². The van der Waals surface area contributed by atoms with Crippen LogP contribution in [-0.2, 0) is 6.54 Å². The summed E-state index contributed by atoms with van der Waals surface area (Å²) in [5, 5.41) is 3.16. The first kappa shape index (κ1) is 22.2. The number of nitrogens with zero attached hydrogens (tertiary/aromatic N) is 3. The van der Waals surface area contributed by atoms with Crippen LogP contribution in [0, 0.1) is 0 Å². The molecular formula is C19H34IN5. The van der Waals surface area contributed by atoms with Gasteiger partial charge in [-0.2, -0.15) is 0 Å². The standard InChI is InChI=1S/C19H33N5.HI/c1-2-3-10-21-19(20)22-11-7-12-23-13-15-24(16-14-23)17-18-8-5-4-6-9-18;/h4-6,8-9H,2-3,7,10-17H2,1H3,(H3,20,21,22);1H. The van der Waals surface area contributed by atoms with Crippen LogP contribution in [-0.4, -0.2) is 61.6 Å². The van der Waals surface area contributed by atoms with E-state index in [4.69, 9.17) is 5.73 Å². The zero-order valence-corrected chi connectivity index (χ0v) is 17.8. The molecule has 2 rings (SSSR count). The normalized spacial score (nSPS) is 16.4. The van der Waals surface area contributed by atoms with E-state index in [-0.39, 0.29) is 24.0 Å². The van der Waals surface area contributed by atoms with Gasteiger partial charge in [0.05, 0.1) is 0 Å². The summed E-state index contributed by atoms with van der Waals surface area (Å²) >= 11 is 0. The highest BCUT2D eigenvalue weighted by atomic mass is 127. The lowest BCUT2D eigenvalue weighted by Gasteiger charge is -2.34. The number of hydrogen-bond acceptors (Lipinski definition) is 3. The van der Waals surface area contributed by atoms with Gasteiger partial charge in [0.2, 0.25) is 0 Å². The summed E-state index contributed by atoms with van der Waals surface area (Å²) in [5.74, 6) is 0.594. The van der Waals surface area contributed by atoms with Gasteiger partial charge < -0.3 is 16.0 Å². The maximum Gasteiger partial charge on any atom is 0.188 e. The van der Waals surface area contributed by atoms with E-state index in [0.717, 1.165) is 65.2 Å². The van der Waals surface area contributed by atoms with Crippen molar-refractivity contribution in [1.29, 1.82) is 0 Å². The zero-order valence-electron chi connectivity index (χ0n) is 15.5. The van der Waals surface area contributed by atoms with Gasteiger partial charge >= 0.3 is 0 Å². The maximum atomic E-state index is 5.84. The molecule has 0 radical (unpaired) electrons. The second kappa shape index (κ2) is 13.4. The predicted molar refractivity (Wildman–Crippen MR) is 118 cm³/mol. The lowest BCUT2D eigenvalue weighted by molar-refractivity contribution is 0.127. The average Bonchev–Trinajstić information content (AvgIpc) is 2.61. The summed E-state index contributed by atoms with van der Waals surface area (Å²) in [6, 6.07) is 10.7. The van der Waals surface area contributed by atoms with Gasteiger partial charge in [-0.1, -0.05) is 43.7 Å². The molecule has 1 heterocycles. The van der Waals surface area contributed by atoms with Crippen LogP contribution in [0.3, 0.4) is 0 Å². The van der Waals surface area contributed by atoms with E-state index in [2.05, 4.69) is 57.4 Å². The molecule has 25 heavy (non-hydrogen) atoms. The minimum Gasteiger partial charge on any atom is -0.370 e. The number of nitrogens with one attached hydrogen (secondary N) is 1. The maximum absolute atomic E-state index is 5.84. The van der Waals surface area contributed by atoms with Crippen molar-refractivity contribution < 1.29 is 0 Å². The van der Waals surface area contributed by atoms with E-state index in [1.165, 1.54) is 12.0 Å². The Bertz CT molecular complexity index is 472. The highest BCUT2D eigenvalue weighted by Gasteiger charge is 2.16. The fourth-order valence-electron chi connectivity index (χ4n) is 2.96. The summed E-state index contributed by atoms with van der Waals surface area (Å²) in [4.78, 5) is 9.48. The number of halogens is 1. The molecule has 0 aliphatic carbocycles. The quantitative estimate of drug-likeness (QED) is 0.258. The molecule has 3 N–H and O–H groups in total. The molecule has 1 aromatic rings. The molecule has 1 aliphatic heterocycles. The van der Waals surface area contributed by atoms with Crippen LogP contribution in [0.25, 0.3) is 0 Å². The van der Waals surface area contributed by atoms with Crippen LogP contribution in [0.2, 0.25) is 0 Å². The number of benzene rings is 1.